The quantitative estimate of drug-likeness (QED) is 0.678. The van der Waals surface area contributed by atoms with Crippen molar-refractivity contribution < 1.29 is 14.3 Å². The third-order valence-corrected chi connectivity index (χ3v) is 5.68. The van der Waals surface area contributed by atoms with Crippen LogP contribution in [0.2, 0.25) is 0 Å². The molecule has 0 radical (unpaired) electrons. The fourth-order valence-corrected chi connectivity index (χ4v) is 4.15. The van der Waals surface area contributed by atoms with Crippen LogP contribution in [-0.4, -0.2) is 55.7 Å². The number of piperazine rings is 1. The van der Waals surface area contributed by atoms with E-state index in [9.17, 15) is 4.79 Å². The zero-order valence-electron chi connectivity index (χ0n) is 15.1. The summed E-state index contributed by atoms with van der Waals surface area (Å²) in [6, 6.07) is 15.4. The molecular formula is C20H21N3O3S. The van der Waals surface area contributed by atoms with Crippen molar-refractivity contribution in [1.29, 1.82) is 0 Å². The van der Waals surface area contributed by atoms with Crippen LogP contribution in [0.25, 0.3) is 10.2 Å². The minimum absolute atomic E-state index is 0.0180. The number of benzene rings is 2. The van der Waals surface area contributed by atoms with Crippen molar-refractivity contribution in [2.75, 3.05) is 44.8 Å². The summed E-state index contributed by atoms with van der Waals surface area (Å²) in [4.78, 5) is 21.2. The molecule has 1 aliphatic rings. The molecule has 1 amide bonds. The average molecular weight is 383 g/mol. The van der Waals surface area contributed by atoms with Crippen LogP contribution in [0.4, 0.5) is 5.13 Å². The predicted octanol–water partition coefficient (Wildman–Crippen LogP) is 3.03. The summed E-state index contributed by atoms with van der Waals surface area (Å²) in [5.74, 6) is 1.53. The molecule has 1 aliphatic heterocycles. The zero-order valence-corrected chi connectivity index (χ0v) is 15.9. The van der Waals surface area contributed by atoms with E-state index in [1.165, 1.54) is 0 Å². The van der Waals surface area contributed by atoms with Gasteiger partial charge in [0.05, 0.1) is 11.8 Å². The molecule has 1 aromatic heterocycles. The maximum atomic E-state index is 12.4. The molecule has 140 valence electrons. The van der Waals surface area contributed by atoms with E-state index in [2.05, 4.69) is 11.0 Å². The lowest BCUT2D eigenvalue weighted by molar-refractivity contribution is -0.133. The highest BCUT2D eigenvalue weighted by Gasteiger charge is 2.23. The Morgan fingerprint density at radius 3 is 2.59 bits per heavy atom. The van der Waals surface area contributed by atoms with E-state index < -0.39 is 0 Å². The maximum absolute atomic E-state index is 12.4. The van der Waals surface area contributed by atoms with Crippen molar-refractivity contribution in [3.05, 3.63) is 48.5 Å². The minimum Gasteiger partial charge on any atom is -0.494 e. The molecule has 6 nitrogen and oxygen atoms in total. The number of thiazole rings is 1. The Bertz CT molecular complexity index is 921. The van der Waals surface area contributed by atoms with Gasteiger partial charge >= 0.3 is 0 Å². The average Bonchev–Trinajstić information content (AvgIpc) is 3.17. The molecule has 0 saturated carbocycles. The number of aromatic nitrogens is 1. The van der Waals surface area contributed by atoms with Gasteiger partial charge in [0, 0.05) is 26.2 Å². The Balaban J connectivity index is 1.35. The fourth-order valence-electron chi connectivity index (χ4n) is 3.11. The summed E-state index contributed by atoms with van der Waals surface area (Å²) in [5.41, 5.74) is 0.898. The van der Waals surface area contributed by atoms with Crippen LogP contribution in [0.5, 0.6) is 11.5 Å². The SMILES string of the molecule is COc1cccc2sc(N3CCN(C(=O)COc4ccccc4)CC3)nc12. The van der Waals surface area contributed by atoms with E-state index in [0.29, 0.717) is 18.8 Å². The number of hydrogen-bond acceptors (Lipinski definition) is 6. The first-order valence-electron chi connectivity index (χ1n) is 8.89. The number of amides is 1. The first kappa shape index (κ1) is 17.6. The smallest absolute Gasteiger partial charge is 0.260 e. The number of ether oxygens (including phenoxy) is 2. The molecule has 0 atom stereocenters. The highest BCUT2D eigenvalue weighted by Crippen LogP contribution is 2.34. The molecule has 1 fully saturated rings. The molecular weight excluding hydrogens is 362 g/mol. The summed E-state index contributed by atoms with van der Waals surface area (Å²) in [5, 5.41) is 0.974. The maximum Gasteiger partial charge on any atom is 0.260 e. The molecule has 7 heteroatoms. The molecule has 27 heavy (non-hydrogen) atoms. The Labute approximate surface area is 161 Å². The Morgan fingerprint density at radius 2 is 1.85 bits per heavy atom. The van der Waals surface area contributed by atoms with E-state index in [0.717, 1.165) is 34.2 Å². The van der Waals surface area contributed by atoms with Crippen LogP contribution in [0.15, 0.2) is 48.5 Å². The summed E-state index contributed by atoms with van der Waals surface area (Å²) in [7, 11) is 1.66. The standard InChI is InChI=1S/C20H21N3O3S/c1-25-16-8-5-9-17-19(16)21-20(27-17)23-12-10-22(11-13-23)18(24)14-26-15-6-3-2-4-7-15/h2-9H,10-14H2,1H3. The van der Waals surface area contributed by atoms with Crippen LogP contribution in [0.1, 0.15) is 0 Å². The van der Waals surface area contributed by atoms with Gasteiger partial charge in [0.15, 0.2) is 11.7 Å². The lowest BCUT2D eigenvalue weighted by Gasteiger charge is -2.34. The predicted molar refractivity (Wildman–Crippen MR) is 107 cm³/mol. The van der Waals surface area contributed by atoms with E-state index in [4.69, 9.17) is 14.5 Å². The summed E-state index contributed by atoms with van der Waals surface area (Å²) < 4.78 is 12.1. The van der Waals surface area contributed by atoms with Gasteiger partial charge in [-0.15, -0.1) is 0 Å². The van der Waals surface area contributed by atoms with Crippen molar-refractivity contribution in [2.24, 2.45) is 0 Å². The van der Waals surface area contributed by atoms with E-state index in [1.807, 2.05) is 47.4 Å². The molecule has 2 heterocycles. The van der Waals surface area contributed by atoms with E-state index in [-0.39, 0.29) is 12.5 Å². The summed E-state index contributed by atoms with van der Waals surface area (Å²) in [6.07, 6.45) is 0. The second-order valence-electron chi connectivity index (χ2n) is 6.27. The van der Waals surface area contributed by atoms with E-state index >= 15 is 0 Å². The topological polar surface area (TPSA) is 54.9 Å². The number of hydrogen-bond donors (Lipinski definition) is 0. The molecule has 0 spiro atoms. The third-order valence-electron chi connectivity index (χ3n) is 4.60. The Morgan fingerprint density at radius 1 is 1.07 bits per heavy atom. The molecule has 3 aromatic rings. The fraction of sp³-hybridized carbons (Fsp3) is 0.300. The highest BCUT2D eigenvalue weighted by atomic mass is 32.1. The van der Waals surface area contributed by atoms with Crippen molar-refractivity contribution in [3.63, 3.8) is 0 Å². The Hall–Kier alpha value is -2.80. The van der Waals surface area contributed by atoms with Gasteiger partial charge in [0.1, 0.15) is 17.0 Å². The second kappa shape index (κ2) is 7.84. The molecule has 0 bridgehead atoms. The number of fused-ring (bicyclic) bond motifs is 1. The van der Waals surface area contributed by atoms with E-state index in [1.54, 1.807) is 18.4 Å². The minimum atomic E-state index is 0.0180. The molecule has 0 unspecified atom stereocenters. The number of rotatable bonds is 5. The number of methoxy groups -OCH3 is 1. The summed E-state index contributed by atoms with van der Waals surface area (Å²) in [6.45, 7) is 2.94. The highest BCUT2D eigenvalue weighted by molar-refractivity contribution is 7.22. The molecule has 0 N–H and O–H groups in total. The monoisotopic (exact) mass is 383 g/mol. The van der Waals surface area contributed by atoms with Gasteiger partial charge in [-0.3, -0.25) is 4.79 Å². The number of nitrogens with zero attached hydrogens (tertiary/aromatic N) is 3. The van der Waals surface area contributed by atoms with Crippen LogP contribution in [0.3, 0.4) is 0 Å². The van der Waals surface area contributed by atoms with Crippen LogP contribution >= 0.6 is 11.3 Å². The lowest BCUT2D eigenvalue weighted by Crippen LogP contribution is -2.50. The normalized spacial score (nSPS) is 14.4. The number of para-hydroxylation sites is 2. The number of carbonyl (C=O) groups is 1. The van der Waals surface area contributed by atoms with Gasteiger partial charge in [-0.1, -0.05) is 35.6 Å². The first-order valence-corrected chi connectivity index (χ1v) is 9.70. The van der Waals surface area contributed by atoms with Gasteiger partial charge in [-0.2, -0.15) is 0 Å². The Kier molecular flexibility index (Phi) is 5.11. The summed E-state index contributed by atoms with van der Waals surface area (Å²) >= 11 is 1.66. The van der Waals surface area contributed by atoms with Gasteiger partial charge in [0.25, 0.3) is 5.91 Å². The van der Waals surface area contributed by atoms with Crippen LogP contribution in [0, 0.1) is 0 Å². The van der Waals surface area contributed by atoms with Crippen LogP contribution < -0.4 is 14.4 Å². The van der Waals surface area contributed by atoms with Gasteiger partial charge in [-0.05, 0) is 24.3 Å². The first-order chi connectivity index (χ1) is 13.2. The zero-order chi connectivity index (χ0) is 18.6. The lowest BCUT2D eigenvalue weighted by atomic mass is 10.3. The number of anilines is 1. The number of carbonyl (C=O) groups excluding carboxylic acids is 1. The molecule has 1 saturated heterocycles. The van der Waals surface area contributed by atoms with Crippen molar-refractivity contribution in [2.45, 2.75) is 0 Å². The van der Waals surface area contributed by atoms with Gasteiger partial charge in [-0.25, -0.2) is 4.98 Å². The van der Waals surface area contributed by atoms with Crippen molar-refractivity contribution >= 4 is 32.6 Å². The van der Waals surface area contributed by atoms with Gasteiger partial charge in [0.2, 0.25) is 0 Å². The van der Waals surface area contributed by atoms with Gasteiger partial charge < -0.3 is 19.3 Å². The molecule has 4 rings (SSSR count). The second-order valence-corrected chi connectivity index (χ2v) is 7.28. The van der Waals surface area contributed by atoms with Crippen LogP contribution in [-0.2, 0) is 4.79 Å². The molecule has 2 aromatic carbocycles. The van der Waals surface area contributed by atoms with Crippen molar-refractivity contribution in [3.8, 4) is 11.5 Å². The van der Waals surface area contributed by atoms with Crippen molar-refractivity contribution in [1.82, 2.24) is 9.88 Å². The molecule has 0 aliphatic carbocycles. The third kappa shape index (κ3) is 3.83. The largest absolute Gasteiger partial charge is 0.494 e.